The summed E-state index contributed by atoms with van der Waals surface area (Å²) in [5.74, 6) is 0.335. The van der Waals surface area contributed by atoms with Crippen molar-refractivity contribution in [1.82, 2.24) is 10.2 Å². The minimum atomic E-state index is -4.51. The van der Waals surface area contributed by atoms with E-state index >= 15 is 0 Å². The van der Waals surface area contributed by atoms with Gasteiger partial charge in [-0.3, -0.25) is 4.79 Å². The average molecular weight is 322 g/mol. The molecule has 5 nitrogen and oxygen atoms in total. The summed E-state index contributed by atoms with van der Waals surface area (Å²) in [6.07, 6.45) is -2.65. The number of hydrogen-bond donors (Lipinski definition) is 2. The zero-order chi connectivity index (χ0) is 16.4. The first kappa shape index (κ1) is 15.3. The first-order valence-corrected chi connectivity index (χ1v) is 7.01. The summed E-state index contributed by atoms with van der Waals surface area (Å²) in [5, 5.41) is 12.3. The van der Waals surface area contributed by atoms with Crippen LogP contribution in [0.5, 0.6) is 0 Å². The number of hydrogen-bond acceptors (Lipinski definition) is 4. The summed E-state index contributed by atoms with van der Waals surface area (Å²) < 4.78 is 37.2. The molecule has 2 N–H and O–H groups in total. The van der Waals surface area contributed by atoms with Gasteiger partial charge in [-0.25, -0.2) is 0 Å². The van der Waals surface area contributed by atoms with Crippen LogP contribution in [0.25, 0.3) is 0 Å². The molecule has 0 spiro atoms. The molecular formula is C15H13F3N4O. The summed E-state index contributed by atoms with van der Waals surface area (Å²) in [6, 6.07) is 8.88. The lowest BCUT2D eigenvalue weighted by molar-refractivity contribution is -0.141. The highest BCUT2D eigenvalue weighted by Crippen LogP contribution is 2.30. The highest BCUT2D eigenvalue weighted by atomic mass is 19.4. The SMILES string of the molecule is O=C(Nc1ccc(Nc2ccc(C(F)(F)F)nn2)cc1)C1CC1. The van der Waals surface area contributed by atoms with Crippen LogP contribution in [0, 0.1) is 5.92 Å². The number of aromatic nitrogens is 2. The standard InChI is InChI=1S/C15H13F3N4O/c16-15(17,18)12-7-8-13(22-21-12)19-10-3-5-11(6-4-10)20-14(23)9-1-2-9/h3-9H,1-2H2,(H,19,22)(H,20,23). The molecule has 1 heterocycles. The third kappa shape index (κ3) is 3.97. The van der Waals surface area contributed by atoms with Crippen molar-refractivity contribution in [3.63, 3.8) is 0 Å². The van der Waals surface area contributed by atoms with Crippen molar-refractivity contribution in [3.8, 4) is 0 Å². The van der Waals surface area contributed by atoms with Gasteiger partial charge in [0.25, 0.3) is 0 Å². The van der Waals surface area contributed by atoms with E-state index < -0.39 is 11.9 Å². The van der Waals surface area contributed by atoms with Gasteiger partial charge >= 0.3 is 6.18 Å². The van der Waals surface area contributed by atoms with Crippen LogP contribution < -0.4 is 10.6 Å². The van der Waals surface area contributed by atoms with Gasteiger partial charge in [0, 0.05) is 17.3 Å². The van der Waals surface area contributed by atoms with Gasteiger partial charge in [-0.2, -0.15) is 13.2 Å². The lowest BCUT2D eigenvalue weighted by atomic mass is 10.2. The molecule has 1 aromatic heterocycles. The van der Waals surface area contributed by atoms with Crippen molar-refractivity contribution in [1.29, 1.82) is 0 Å². The second kappa shape index (κ2) is 5.86. The Labute approximate surface area is 129 Å². The van der Waals surface area contributed by atoms with Gasteiger partial charge in [0.05, 0.1) is 0 Å². The number of carbonyl (C=O) groups excluding carboxylic acids is 1. The third-order valence-corrected chi connectivity index (χ3v) is 3.33. The van der Waals surface area contributed by atoms with E-state index in [2.05, 4.69) is 20.8 Å². The number of rotatable bonds is 4. The molecule has 1 aliphatic rings. The molecule has 0 atom stereocenters. The van der Waals surface area contributed by atoms with E-state index in [1.54, 1.807) is 24.3 Å². The van der Waals surface area contributed by atoms with E-state index in [1.165, 1.54) is 6.07 Å². The number of amides is 1. The average Bonchev–Trinajstić information content (AvgIpc) is 3.34. The van der Waals surface area contributed by atoms with Gasteiger partial charge in [-0.05, 0) is 49.2 Å². The molecule has 1 aromatic carbocycles. The number of anilines is 3. The largest absolute Gasteiger partial charge is 0.435 e. The molecule has 0 radical (unpaired) electrons. The summed E-state index contributed by atoms with van der Waals surface area (Å²) in [5.41, 5.74) is 0.260. The number of benzene rings is 1. The van der Waals surface area contributed by atoms with E-state index in [9.17, 15) is 18.0 Å². The quantitative estimate of drug-likeness (QED) is 0.903. The lowest BCUT2D eigenvalue weighted by Gasteiger charge is -2.09. The number of alkyl halides is 3. The molecule has 1 fully saturated rings. The van der Waals surface area contributed by atoms with E-state index in [4.69, 9.17) is 0 Å². The van der Waals surface area contributed by atoms with Gasteiger partial charge in [0.2, 0.25) is 5.91 Å². The molecule has 1 amide bonds. The van der Waals surface area contributed by atoms with Gasteiger partial charge < -0.3 is 10.6 Å². The summed E-state index contributed by atoms with van der Waals surface area (Å²) in [7, 11) is 0. The lowest BCUT2D eigenvalue weighted by Crippen LogP contribution is -2.13. The van der Waals surface area contributed by atoms with Crippen molar-refractivity contribution < 1.29 is 18.0 Å². The second-order valence-corrected chi connectivity index (χ2v) is 5.27. The van der Waals surface area contributed by atoms with Crippen LogP contribution in [-0.2, 0) is 11.0 Å². The maximum atomic E-state index is 12.4. The molecule has 0 aliphatic heterocycles. The first-order valence-electron chi connectivity index (χ1n) is 7.01. The Balaban J connectivity index is 1.62. The Bertz CT molecular complexity index is 694. The molecule has 2 aromatic rings. The van der Waals surface area contributed by atoms with Gasteiger partial charge in [-0.15, -0.1) is 10.2 Å². The number of nitrogens with zero attached hydrogens (tertiary/aromatic N) is 2. The van der Waals surface area contributed by atoms with Crippen LogP contribution in [0.1, 0.15) is 18.5 Å². The van der Waals surface area contributed by atoms with Gasteiger partial charge in [0.15, 0.2) is 11.5 Å². The summed E-state index contributed by atoms with van der Waals surface area (Å²) >= 11 is 0. The molecular weight excluding hydrogens is 309 g/mol. The Morgan fingerprint density at radius 3 is 2.17 bits per heavy atom. The molecule has 120 valence electrons. The third-order valence-electron chi connectivity index (χ3n) is 3.33. The molecule has 0 bridgehead atoms. The van der Waals surface area contributed by atoms with Crippen LogP contribution in [0.3, 0.4) is 0 Å². The molecule has 0 unspecified atom stereocenters. The zero-order valence-corrected chi connectivity index (χ0v) is 11.9. The molecule has 1 saturated carbocycles. The minimum absolute atomic E-state index is 0.0133. The predicted octanol–water partition coefficient (Wildman–Crippen LogP) is 3.59. The fraction of sp³-hybridized carbons (Fsp3) is 0.267. The van der Waals surface area contributed by atoms with E-state index in [0.717, 1.165) is 18.9 Å². The zero-order valence-electron chi connectivity index (χ0n) is 11.9. The van der Waals surface area contributed by atoms with Crippen LogP contribution in [0.4, 0.5) is 30.4 Å². The summed E-state index contributed by atoms with van der Waals surface area (Å²) in [6.45, 7) is 0. The molecule has 8 heteroatoms. The first-order chi connectivity index (χ1) is 10.9. The van der Waals surface area contributed by atoms with Gasteiger partial charge in [0.1, 0.15) is 0 Å². The highest BCUT2D eigenvalue weighted by Gasteiger charge is 2.32. The Morgan fingerprint density at radius 2 is 1.65 bits per heavy atom. The normalized spacial score (nSPS) is 14.4. The maximum Gasteiger partial charge on any atom is 0.435 e. The van der Waals surface area contributed by atoms with Gasteiger partial charge in [-0.1, -0.05) is 0 Å². The smallest absolute Gasteiger partial charge is 0.339 e. The molecule has 0 saturated heterocycles. The van der Waals surface area contributed by atoms with Crippen molar-refractivity contribution in [2.75, 3.05) is 10.6 Å². The molecule has 1 aliphatic carbocycles. The Kier molecular flexibility index (Phi) is 3.89. The van der Waals surface area contributed by atoms with Crippen LogP contribution in [-0.4, -0.2) is 16.1 Å². The van der Waals surface area contributed by atoms with Crippen LogP contribution in [0.2, 0.25) is 0 Å². The van der Waals surface area contributed by atoms with E-state index in [1.807, 2.05) is 0 Å². The number of nitrogens with one attached hydrogen (secondary N) is 2. The maximum absolute atomic E-state index is 12.4. The summed E-state index contributed by atoms with van der Waals surface area (Å²) in [4.78, 5) is 11.6. The van der Waals surface area contributed by atoms with Crippen molar-refractivity contribution in [2.24, 2.45) is 5.92 Å². The van der Waals surface area contributed by atoms with Crippen molar-refractivity contribution in [3.05, 3.63) is 42.1 Å². The molecule has 3 rings (SSSR count). The van der Waals surface area contributed by atoms with Crippen molar-refractivity contribution >= 4 is 23.1 Å². The second-order valence-electron chi connectivity index (χ2n) is 5.27. The fourth-order valence-electron chi connectivity index (χ4n) is 1.92. The fourth-order valence-corrected chi connectivity index (χ4v) is 1.92. The van der Waals surface area contributed by atoms with Crippen LogP contribution >= 0.6 is 0 Å². The monoisotopic (exact) mass is 322 g/mol. The Hall–Kier alpha value is -2.64. The number of carbonyl (C=O) groups is 1. The van der Waals surface area contributed by atoms with Crippen molar-refractivity contribution in [2.45, 2.75) is 19.0 Å². The highest BCUT2D eigenvalue weighted by molar-refractivity contribution is 5.94. The topological polar surface area (TPSA) is 66.9 Å². The molecule has 23 heavy (non-hydrogen) atoms. The van der Waals surface area contributed by atoms with E-state index in [-0.39, 0.29) is 17.6 Å². The predicted molar refractivity (Wildman–Crippen MR) is 78.1 cm³/mol. The number of halogens is 3. The Morgan fingerprint density at radius 1 is 1.00 bits per heavy atom. The minimum Gasteiger partial charge on any atom is -0.339 e. The van der Waals surface area contributed by atoms with E-state index in [0.29, 0.717) is 11.4 Å². The van der Waals surface area contributed by atoms with Crippen LogP contribution in [0.15, 0.2) is 36.4 Å².